The van der Waals surface area contributed by atoms with E-state index in [-0.39, 0.29) is 27.8 Å². The molecule has 0 aliphatic carbocycles. The van der Waals surface area contributed by atoms with E-state index in [1.165, 1.54) is 51.5 Å². The molecule has 6 nitrogen and oxygen atoms in total. The van der Waals surface area contributed by atoms with Crippen molar-refractivity contribution >= 4 is 29.2 Å². The van der Waals surface area contributed by atoms with E-state index in [4.69, 9.17) is 25.8 Å². The number of carbonyl (C=O) groups is 2. The fourth-order valence-corrected chi connectivity index (χ4v) is 2.42. The molecule has 0 fully saturated rings. The van der Waals surface area contributed by atoms with Gasteiger partial charge in [-0.3, -0.25) is 4.79 Å². The Balaban J connectivity index is 2.09. The molecule has 8 heteroatoms. The average molecular weight is 382 g/mol. The van der Waals surface area contributed by atoms with Crippen molar-refractivity contribution < 1.29 is 28.2 Å². The van der Waals surface area contributed by atoms with E-state index in [9.17, 15) is 14.0 Å². The van der Waals surface area contributed by atoms with Crippen molar-refractivity contribution in [3.05, 3.63) is 52.8 Å². The monoisotopic (exact) mass is 381 g/mol. The molecule has 1 atom stereocenters. The number of hydrogen-bond donors (Lipinski definition) is 1. The highest BCUT2D eigenvalue weighted by Gasteiger charge is 2.21. The summed E-state index contributed by atoms with van der Waals surface area (Å²) in [6, 6.07) is 8.12. The molecule has 2 rings (SSSR count). The van der Waals surface area contributed by atoms with Gasteiger partial charge in [-0.25, -0.2) is 9.18 Å². The second-order valence-corrected chi connectivity index (χ2v) is 5.65. The van der Waals surface area contributed by atoms with Gasteiger partial charge in [-0.2, -0.15) is 0 Å². The number of methoxy groups -OCH3 is 2. The molecule has 0 radical (unpaired) electrons. The summed E-state index contributed by atoms with van der Waals surface area (Å²) >= 11 is 6.05. The highest BCUT2D eigenvalue weighted by Crippen LogP contribution is 2.36. The van der Waals surface area contributed by atoms with Crippen LogP contribution in [0.4, 0.5) is 10.1 Å². The van der Waals surface area contributed by atoms with Gasteiger partial charge in [0, 0.05) is 5.69 Å². The normalized spacial score (nSPS) is 11.4. The fraction of sp³-hybridized carbons (Fsp3) is 0.222. The molecular weight excluding hydrogens is 365 g/mol. The first-order chi connectivity index (χ1) is 12.3. The van der Waals surface area contributed by atoms with Crippen LogP contribution in [0, 0.1) is 5.82 Å². The number of halogens is 2. The third-order valence-electron chi connectivity index (χ3n) is 3.41. The number of ether oxygens (including phenoxy) is 3. The maximum atomic E-state index is 13.1. The Hall–Kier alpha value is -2.80. The van der Waals surface area contributed by atoms with Gasteiger partial charge >= 0.3 is 5.97 Å². The number of esters is 1. The number of rotatable bonds is 6. The van der Waals surface area contributed by atoms with Crippen molar-refractivity contribution in [3.63, 3.8) is 0 Å². The molecule has 0 aromatic heterocycles. The number of nitrogens with one attached hydrogen (secondary N) is 1. The van der Waals surface area contributed by atoms with Gasteiger partial charge in [0.2, 0.25) is 0 Å². The van der Waals surface area contributed by atoms with Gasteiger partial charge in [0.05, 0.1) is 24.8 Å². The van der Waals surface area contributed by atoms with Crippen molar-refractivity contribution in [2.45, 2.75) is 13.0 Å². The summed E-state index contributed by atoms with van der Waals surface area (Å²) in [7, 11) is 2.82. The summed E-state index contributed by atoms with van der Waals surface area (Å²) < 4.78 is 28.5. The Bertz CT molecular complexity index is 827. The molecule has 1 amide bonds. The van der Waals surface area contributed by atoms with Crippen LogP contribution in [0.15, 0.2) is 36.4 Å². The Morgan fingerprint density at radius 3 is 2.50 bits per heavy atom. The largest absolute Gasteiger partial charge is 0.493 e. The minimum atomic E-state index is -1.11. The number of amides is 1. The van der Waals surface area contributed by atoms with E-state index >= 15 is 0 Å². The van der Waals surface area contributed by atoms with E-state index in [2.05, 4.69) is 5.32 Å². The van der Waals surface area contributed by atoms with Crippen LogP contribution < -0.4 is 14.8 Å². The molecule has 26 heavy (non-hydrogen) atoms. The lowest BCUT2D eigenvalue weighted by Crippen LogP contribution is -2.30. The first-order valence-electron chi connectivity index (χ1n) is 7.54. The predicted octanol–water partition coefficient (Wildman–Crippen LogP) is 3.68. The maximum Gasteiger partial charge on any atom is 0.339 e. The summed E-state index contributed by atoms with van der Waals surface area (Å²) in [4.78, 5) is 24.4. The van der Waals surface area contributed by atoms with Crippen LogP contribution in [-0.2, 0) is 9.53 Å². The minimum absolute atomic E-state index is 0.0954. The lowest BCUT2D eigenvalue weighted by molar-refractivity contribution is -0.123. The zero-order valence-electron chi connectivity index (χ0n) is 14.3. The number of hydrogen-bond acceptors (Lipinski definition) is 5. The highest BCUT2D eigenvalue weighted by molar-refractivity contribution is 6.32. The van der Waals surface area contributed by atoms with Crippen LogP contribution in [0.25, 0.3) is 0 Å². The lowest BCUT2D eigenvalue weighted by Gasteiger charge is -2.15. The first kappa shape index (κ1) is 19.5. The molecule has 1 N–H and O–H groups in total. The summed E-state index contributed by atoms with van der Waals surface area (Å²) in [5, 5.41) is 2.63. The SMILES string of the molecule is COc1cc(C(=O)OC(C)C(=O)Nc2cccc(F)c2)cc(Cl)c1OC. The molecular formula is C18H17ClFNO5. The Morgan fingerprint density at radius 1 is 1.15 bits per heavy atom. The van der Waals surface area contributed by atoms with Gasteiger partial charge in [0.15, 0.2) is 17.6 Å². The van der Waals surface area contributed by atoms with Crippen LogP contribution in [0.1, 0.15) is 17.3 Å². The molecule has 0 bridgehead atoms. The predicted molar refractivity (Wildman–Crippen MR) is 94.5 cm³/mol. The molecule has 0 spiro atoms. The summed E-state index contributed by atoms with van der Waals surface area (Å²) in [5.41, 5.74) is 0.352. The van der Waals surface area contributed by atoms with E-state index < -0.39 is 23.8 Å². The third kappa shape index (κ3) is 4.64. The van der Waals surface area contributed by atoms with Crippen LogP contribution in [0.2, 0.25) is 5.02 Å². The summed E-state index contributed by atoms with van der Waals surface area (Å²) in [6.07, 6.45) is -1.11. The van der Waals surface area contributed by atoms with Crippen LogP contribution in [-0.4, -0.2) is 32.2 Å². The molecule has 2 aromatic carbocycles. The first-order valence-corrected chi connectivity index (χ1v) is 7.92. The van der Waals surface area contributed by atoms with Crippen LogP contribution in [0.3, 0.4) is 0 Å². The van der Waals surface area contributed by atoms with Crippen LogP contribution in [0.5, 0.6) is 11.5 Å². The summed E-state index contributed by atoms with van der Waals surface area (Å²) in [5.74, 6) is -1.33. The third-order valence-corrected chi connectivity index (χ3v) is 3.70. The van der Waals surface area contributed by atoms with Crippen molar-refractivity contribution in [3.8, 4) is 11.5 Å². The second kappa shape index (κ2) is 8.53. The topological polar surface area (TPSA) is 73.9 Å². The Kier molecular flexibility index (Phi) is 6.41. The smallest absolute Gasteiger partial charge is 0.339 e. The quantitative estimate of drug-likeness (QED) is 0.773. The molecule has 1 unspecified atom stereocenters. The molecule has 2 aromatic rings. The lowest BCUT2D eigenvalue weighted by atomic mass is 10.2. The standard InChI is InChI=1S/C18H17ClFNO5/c1-10(17(22)21-13-6-4-5-12(20)9-13)26-18(23)11-7-14(19)16(25-3)15(8-11)24-2/h4-10H,1-3H3,(H,21,22). The second-order valence-electron chi connectivity index (χ2n) is 5.24. The number of anilines is 1. The zero-order chi connectivity index (χ0) is 19.3. The van der Waals surface area contributed by atoms with E-state index in [0.717, 1.165) is 6.07 Å². The minimum Gasteiger partial charge on any atom is -0.493 e. The molecule has 0 aliphatic heterocycles. The Morgan fingerprint density at radius 2 is 1.88 bits per heavy atom. The van der Waals surface area contributed by atoms with Gasteiger partial charge in [0.25, 0.3) is 5.91 Å². The van der Waals surface area contributed by atoms with Gasteiger partial charge in [-0.05, 0) is 37.3 Å². The molecule has 0 heterocycles. The van der Waals surface area contributed by atoms with E-state index in [1.807, 2.05) is 0 Å². The van der Waals surface area contributed by atoms with Crippen molar-refractivity contribution in [2.75, 3.05) is 19.5 Å². The summed E-state index contributed by atoms with van der Waals surface area (Å²) in [6.45, 7) is 1.40. The number of benzene rings is 2. The van der Waals surface area contributed by atoms with E-state index in [1.54, 1.807) is 0 Å². The van der Waals surface area contributed by atoms with Gasteiger partial charge in [-0.1, -0.05) is 17.7 Å². The molecule has 138 valence electrons. The molecule has 0 saturated carbocycles. The van der Waals surface area contributed by atoms with Crippen molar-refractivity contribution in [1.29, 1.82) is 0 Å². The fourth-order valence-electron chi connectivity index (χ4n) is 2.13. The van der Waals surface area contributed by atoms with Crippen molar-refractivity contribution in [1.82, 2.24) is 0 Å². The van der Waals surface area contributed by atoms with Gasteiger partial charge < -0.3 is 19.5 Å². The highest BCUT2D eigenvalue weighted by atomic mass is 35.5. The Labute approximate surface area is 154 Å². The zero-order valence-corrected chi connectivity index (χ0v) is 15.1. The van der Waals surface area contributed by atoms with Gasteiger partial charge in [-0.15, -0.1) is 0 Å². The van der Waals surface area contributed by atoms with E-state index in [0.29, 0.717) is 0 Å². The van der Waals surface area contributed by atoms with Gasteiger partial charge in [0.1, 0.15) is 5.82 Å². The maximum absolute atomic E-state index is 13.1. The molecule has 0 aliphatic rings. The molecule has 0 saturated heterocycles. The average Bonchev–Trinajstić information content (AvgIpc) is 2.60. The van der Waals surface area contributed by atoms with Crippen LogP contribution >= 0.6 is 11.6 Å². The van der Waals surface area contributed by atoms with Crippen molar-refractivity contribution in [2.24, 2.45) is 0 Å². The number of carbonyl (C=O) groups excluding carboxylic acids is 2.